The van der Waals surface area contributed by atoms with Crippen LogP contribution in [0.25, 0.3) is 0 Å². The largest absolute Gasteiger partial charge is 0.150 e. The lowest BCUT2D eigenvalue weighted by Gasteiger charge is -2.06. The molecule has 2 heteroatoms. The maximum Gasteiger partial charge on any atom is 0.110 e. The Labute approximate surface area is 61.3 Å². The van der Waals surface area contributed by atoms with E-state index in [9.17, 15) is 4.91 Å². The summed E-state index contributed by atoms with van der Waals surface area (Å²) in [6, 6.07) is -0.0414. The number of nitrogens with zero attached hydrogens (tertiary/aromatic N) is 1. The standard InChI is InChI=1S/C8H13NO/c10-9-8-6-4-2-1-3-5-7-8/h4,6,8H,1-3,5,7H2/b6-4-. The van der Waals surface area contributed by atoms with E-state index >= 15 is 0 Å². The molecule has 56 valence electrons. The molecule has 10 heavy (non-hydrogen) atoms. The van der Waals surface area contributed by atoms with Gasteiger partial charge in [0.05, 0.1) is 0 Å². The van der Waals surface area contributed by atoms with Crippen molar-refractivity contribution in [2.24, 2.45) is 5.18 Å². The van der Waals surface area contributed by atoms with E-state index in [0.717, 1.165) is 19.3 Å². The fourth-order valence-electron chi connectivity index (χ4n) is 1.23. The van der Waals surface area contributed by atoms with Gasteiger partial charge >= 0.3 is 0 Å². The summed E-state index contributed by atoms with van der Waals surface area (Å²) in [4.78, 5) is 10.1. The molecule has 1 aliphatic rings. The maximum atomic E-state index is 10.1. The van der Waals surface area contributed by atoms with Crippen LogP contribution in [-0.2, 0) is 0 Å². The first-order valence-corrected chi connectivity index (χ1v) is 3.92. The topological polar surface area (TPSA) is 29.4 Å². The average Bonchev–Trinajstić information content (AvgIpc) is 1.87. The lowest BCUT2D eigenvalue weighted by molar-refractivity contribution is 0.593. The van der Waals surface area contributed by atoms with E-state index in [1.165, 1.54) is 12.8 Å². The molecule has 0 fully saturated rings. The highest BCUT2D eigenvalue weighted by Gasteiger charge is 2.04. The summed E-state index contributed by atoms with van der Waals surface area (Å²) in [5.74, 6) is 0. The predicted octanol–water partition coefficient (Wildman–Crippen LogP) is 2.64. The summed E-state index contributed by atoms with van der Waals surface area (Å²) in [7, 11) is 0. The molecule has 1 atom stereocenters. The van der Waals surface area contributed by atoms with Crippen molar-refractivity contribution >= 4 is 0 Å². The normalized spacial score (nSPS) is 30.2. The van der Waals surface area contributed by atoms with Crippen LogP contribution >= 0.6 is 0 Å². The van der Waals surface area contributed by atoms with E-state index in [1.807, 2.05) is 6.08 Å². The van der Waals surface area contributed by atoms with Crippen LogP contribution in [0.2, 0.25) is 0 Å². The highest BCUT2D eigenvalue weighted by atomic mass is 16.3. The molecule has 0 amide bonds. The number of nitroso groups, excluding NO2 is 1. The third kappa shape index (κ3) is 2.29. The Bertz CT molecular complexity index is 131. The summed E-state index contributed by atoms with van der Waals surface area (Å²) < 4.78 is 0. The molecule has 0 saturated heterocycles. The summed E-state index contributed by atoms with van der Waals surface area (Å²) >= 11 is 0. The molecule has 0 heterocycles. The third-order valence-electron chi connectivity index (χ3n) is 1.86. The molecule has 0 bridgehead atoms. The number of rotatable bonds is 1. The SMILES string of the molecule is O=NC1/C=C\CCCCC1. The van der Waals surface area contributed by atoms with E-state index in [2.05, 4.69) is 11.3 Å². The molecule has 0 saturated carbocycles. The molecule has 1 unspecified atom stereocenters. The third-order valence-corrected chi connectivity index (χ3v) is 1.86. The number of allylic oxidation sites excluding steroid dienone is 1. The minimum Gasteiger partial charge on any atom is -0.150 e. The summed E-state index contributed by atoms with van der Waals surface area (Å²) in [5.41, 5.74) is 0. The molecule has 0 aromatic carbocycles. The van der Waals surface area contributed by atoms with Crippen LogP contribution in [0.3, 0.4) is 0 Å². The van der Waals surface area contributed by atoms with Crippen molar-refractivity contribution in [3.05, 3.63) is 17.1 Å². The molecule has 0 radical (unpaired) electrons. The Morgan fingerprint density at radius 1 is 1.30 bits per heavy atom. The summed E-state index contributed by atoms with van der Waals surface area (Å²) in [6.07, 6.45) is 9.74. The molecule has 0 aliphatic heterocycles. The van der Waals surface area contributed by atoms with Crippen LogP contribution in [0, 0.1) is 4.91 Å². The van der Waals surface area contributed by atoms with Crippen molar-refractivity contribution in [2.45, 2.75) is 38.1 Å². The Hall–Kier alpha value is -0.660. The van der Waals surface area contributed by atoms with Crippen LogP contribution in [0.4, 0.5) is 0 Å². The minimum absolute atomic E-state index is 0.0414. The zero-order chi connectivity index (χ0) is 7.23. The second-order valence-corrected chi connectivity index (χ2v) is 2.74. The molecule has 2 nitrogen and oxygen atoms in total. The van der Waals surface area contributed by atoms with Gasteiger partial charge in [-0.3, -0.25) is 0 Å². The monoisotopic (exact) mass is 139 g/mol. The summed E-state index contributed by atoms with van der Waals surface area (Å²) in [6.45, 7) is 0. The fourth-order valence-corrected chi connectivity index (χ4v) is 1.23. The van der Waals surface area contributed by atoms with Gasteiger partial charge in [0, 0.05) is 0 Å². The highest BCUT2D eigenvalue weighted by molar-refractivity contribution is 4.94. The van der Waals surface area contributed by atoms with Crippen molar-refractivity contribution in [1.82, 2.24) is 0 Å². The number of hydrogen-bond donors (Lipinski definition) is 0. The van der Waals surface area contributed by atoms with Gasteiger partial charge in [0.1, 0.15) is 6.04 Å². The molecular formula is C8H13NO. The first-order valence-electron chi connectivity index (χ1n) is 3.92. The molecule has 0 spiro atoms. The van der Waals surface area contributed by atoms with Crippen LogP contribution in [0.5, 0.6) is 0 Å². The highest BCUT2D eigenvalue weighted by Crippen LogP contribution is 2.13. The van der Waals surface area contributed by atoms with Gasteiger partial charge < -0.3 is 0 Å². The molecule has 0 N–H and O–H groups in total. The predicted molar refractivity (Wildman–Crippen MR) is 41.8 cm³/mol. The molecule has 0 aromatic heterocycles. The first-order chi connectivity index (χ1) is 4.93. The lowest BCUT2D eigenvalue weighted by Crippen LogP contribution is -2.00. The van der Waals surface area contributed by atoms with Gasteiger partial charge in [-0.05, 0) is 19.3 Å². The molecule has 1 aliphatic carbocycles. The Kier molecular flexibility index (Phi) is 3.13. The second-order valence-electron chi connectivity index (χ2n) is 2.74. The van der Waals surface area contributed by atoms with Crippen molar-refractivity contribution in [3.8, 4) is 0 Å². The molecular weight excluding hydrogens is 126 g/mol. The van der Waals surface area contributed by atoms with Crippen LogP contribution < -0.4 is 0 Å². The molecule has 1 rings (SSSR count). The maximum absolute atomic E-state index is 10.1. The van der Waals surface area contributed by atoms with E-state index in [1.54, 1.807) is 0 Å². The van der Waals surface area contributed by atoms with Gasteiger partial charge in [-0.25, -0.2) is 0 Å². The van der Waals surface area contributed by atoms with Crippen LogP contribution in [0.15, 0.2) is 17.3 Å². The van der Waals surface area contributed by atoms with Gasteiger partial charge in [0.15, 0.2) is 0 Å². The van der Waals surface area contributed by atoms with Gasteiger partial charge in [0.25, 0.3) is 0 Å². The van der Waals surface area contributed by atoms with E-state index in [-0.39, 0.29) is 6.04 Å². The Morgan fingerprint density at radius 2 is 2.20 bits per heavy atom. The smallest absolute Gasteiger partial charge is 0.110 e. The fraction of sp³-hybridized carbons (Fsp3) is 0.750. The van der Waals surface area contributed by atoms with Crippen LogP contribution in [-0.4, -0.2) is 6.04 Å². The quantitative estimate of drug-likeness (QED) is 0.405. The zero-order valence-corrected chi connectivity index (χ0v) is 6.12. The van der Waals surface area contributed by atoms with E-state index in [4.69, 9.17) is 0 Å². The van der Waals surface area contributed by atoms with E-state index in [0.29, 0.717) is 0 Å². The average molecular weight is 139 g/mol. The Balaban J connectivity index is 2.40. The van der Waals surface area contributed by atoms with Crippen molar-refractivity contribution in [1.29, 1.82) is 0 Å². The van der Waals surface area contributed by atoms with Gasteiger partial charge in [-0.15, -0.1) is 0 Å². The minimum atomic E-state index is -0.0414. The second kappa shape index (κ2) is 4.20. The van der Waals surface area contributed by atoms with E-state index < -0.39 is 0 Å². The first kappa shape index (κ1) is 7.45. The zero-order valence-electron chi connectivity index (χ0n) is 6.12. The van der Waals surface area contributed by atoms with Crippen molar-refractivity contribution < 1.29 is 0 Å². The van der Waals surface area contributed by atoms with Gasteiger partial charge in [0.2, 0.25) is 0 Å². The van der Waals surface area contributed by atoms with Gasteiger partial charge in [-0.1, -0.05) is 30.2 Å². The number of hydrogen-bond acceptors (Lipinski definition) is 2. The Morgan fingerprint density at radius 3 is 3.00 bits per heavy atom. The van der Waals surface area contributed by atoms with Gasteiger partial charge in [-0.2, -0.15) is 4.91 Å². The molecule has 0 aromatic rings. The lowest BCUT2D eigenvalue weighted by atomic mass is 10.0. The van der Waals surface area contributed by atoms with Crippen molar-refractivity contribution in [3.63, 3.8) is 0 Å². The van der Waals surface area contributed by atoms with Crippen molar-refractivity contribution in [2.75, 3.05) is 0 Å². The summed E-state index contributed by atoms with van der Waals surface area (Å²) in [5, 5.41) is 3.01. The van der Waals surface area contributed by atoms with Crippen LogP contribution in [0.1, 0.15) is 32.1 Å².